The van der Waals surface area contributed by atoms with Gasteiger partial charge in [-0.25, -0.2) is 0 Å². The highest BCUT2D eigenvalue weighted by molar-refractivity contribution is 6.99. The molecule has 3 aromatic rings. The molecule has 4 rings (SSSR count). The normalized spacial score (nSPS) is 19.9. The quantitative estimate of drug-likeness (QED) is 0.339. The number of carbonyl (C=O) groups excluding carboxylic acids is 2. The van der Waals surface area contributed by atoms with Crippen molar-refractivity contribution < 1.29 is 18.8 Å². The zero-order chi connectivity index (χ0) is 26.5. The van der Waals surface area contributed by atoms with Gasteiger partial charge in [0.15, 0.2) is 0 Å². The zero-order valence-electron chi connectivity index (χ0n) is 22.1. The van der Waals surface area contributed by atoms with Crippen LogP contribution in [-0.4, -0.2) is 39.4 Å². The first-order valence-electron chi connectivity index (χ1n) is 13.0. The molecule has 1 amide bonds. The molecule has 1 saturated heterocycles. The van der Waals surface area contributed by atoms with Crippen LogP contribution in [0.4, 0.5) is 0 Å². The maximum Gasteiger partial charge on any atom is 0.306 e. The second kappa shape index (κ2) is 11.4. The van der Waals surface area contributed by atoms with Crippen molar-refractivity contribution in [2.45, 2.75) is 51.1 Å². The van der Waals surface area contributed by atoms with E-state index in [0.717, 1.165) is 5.56 Å². The topological polar surface area (TPSA) is 64.6 Å². The van der Waals surface area contributed by atoms with Crippen LogP contribution in [0, 0.1) is 5.92 Å². The third-order valence-corrected chi connectivity index (χ3v) is 12.3. The Morgan fingerprint density at radius 3 is 1.86 bits per heavy atom. The summed E-state index contributed by atoms with van der Waals surface area (Å²) in [7, 11) is -2.79. The van der Waals surface area contributed by atoms with Gasteiger partial charge in [0.1, 0.15) is 0 Å². The standard InChI is InChI=1S/C31H37NO4Si/c1-5-35-28(33)21-26-27(32-30(34)29(26)23-15-9-6-10-16-23)22-36-37(31(2,3)4,24-17-11-7-12-18-24)25-19-13-8-14-20-25/h6-20,26-27,29H,5,21-22H2,1-4H3,(H,32,34)/t26-,27+,29+/m1/s1. The Hall–Kier alpha value is -3.22. The summed E-state index contributed by atoms with van der Waals surface area (Å²) in [6.45, 7) is 9.12. The minimum absolute atomic E-state index is 0.0726. The van der Waals surface area contributed by atoms with Crippen LogP contribution in [0.15, 0.2) is 91.0 Å². The molecular formula is C31H37NO4Si. The van der Waals surface area contributed by atoms with Gasteiger partial charge in [0, 0.05) is 5.92 Å². The van der Waals surface area contributed by atoms with Crippen LogP contribution in [-0.2, 0) is 18.8 Å². The maximum absolute atomic E-state index is 13.3. The summed E-state index contributed by atoms with van der Waals surface area (Å²) in [6, 6.07) is 30.3. The number of ether oxygens (including phenoxy) is 1. The van der Waals surface area contributed by atoms with E-state index in [9.17, 15) is 9.59 Å². The number of nitrogens with one attached hydrogen (secondary N) is 1. The van der Waals surface area contributed by atoms with Gasteiger partial charge in [0.2, 0.25) is 5.91 Å². The molecule has 0 unspecified atom stereocenters. The molecule has 5 nitrogen and oxygen atoms in total. The van der Waals surface area contributed by atoms with Crippen molar-refractivity contribution in [2.75, 3.05) is 13.2 Å². The van der Waals surface area contributed by atoms with Gasteiger partial charge in [-0.15, -0.1) is 0 Å². The Labute approximate surface area is 221 Å². The highest BCUT2D eigenvalue weighted by Crippen LogP contribution is 2.39. The van der Waals surface area contributed by atoms with Crippen LogP contribution < -0.4 is 15.7 Å². The average molecular weight is 516 g/mol. The third-order valence-electron chi connectivity index (χ3n) is 7.32. The number of hydrogen-bond donors (Lipinski definition) is 1. The van der Waals surface area contributed by atoms with E-state index in [1.165, 1.54) is 10.4 Å². The predicted octanol–water partition coefficient (Wildman–Crippen LogP) is 4.41. The van der Waals surface area contributed by atoms with Crippen LogP contribution in [0.2, 0.25) is 5.04 Å². The monoisotopic (exact) mass is 515 g/mol. The number of esters is 1. The molecule has 0 aliphatic carbocycles. The number of carbonyl (C=O) groups is 2. The summed E-state index contributed by atoms with van der Waals surface area (Å²) >= 11 is 0. The summed E-state index contributed by atoms with van der Waals surface area (Å²) in [5, 5.41) is 5.35. The highest BCUT2D eigenvalue weighted by atomic mass is 28.4. The van der Waals surface area contributed by atoms with Crippen molar-refractivity contribution in [1.29, 1.82) is 0 Å². The van der Waals surface area contributed by atoms with E-state index in [2.05, 4.69) is 74.6 Å². The zero-order valence-corrected chi connectivity index (χ0v) is 23.1. The molecule has 1 fully saturated rings. The first-order chi connectivity index (χ1) is 17.8. The number of rotatable bonds is 9. The Kier molecular flexibility index (Phi) is 8.30. The molecule has 3 atom stereocenters. The number of amides is 1. The van der Waals surface area contributed by atoms with Gasteiger partial charge in [-0.05, 0) is 27.9 Å². The fraction of sp³-hybridized carbons (Fsp3) is 0.355. The average Bonchev–Trinajstić information content (AvgIpc) is 3.20. The molecule has 1 aliphatic rings. The minimum Gasteiger partial charge on any atom is -0.466 e. The predicted molar refractivity (Wildman–Crippen MR) is 149 cm³/mol. The van der Waals surface area contributed by atoms with Crippen molar-refractivity contribution in [3.63, 3.8) is 0 Å². The van der Waals surface area contributed by atoms with E-state index in [1.807, 2.05) is 42.5 Å². The van der Waals surface area contributed by atoms with Crippen molar-refractivity contribution in [1.82, 2.24) is 5.32 Å². The van der Waals surface area contributed by atoms with E-state index >= 15 is 0 Å². The first kappa shape index (κ1) is 26.8. The van der Waals surface area contributed by atoms with Crippen molar-refractivity contribution >= 4 is 30.6 Å². The van der Waals surface area contributed by atoms with E-state index < -0.39 is 14.2 Å². The fourth-order valence-corrected chi connectivity index (χ4v) is 10.3. The lowest BCUT2D eigenvalue weighted by molar-refractivity contribution is -0.144. The van der Waals surface area contributed by atoms with Gasteiger partial charge in [0.05, 0.1) is 31.6 Å². The van der Waals surface area contributed by atoms with E-state index in [1.54, 1.807) is 6.92 Å². The molecule has 1 heterocycles. The van der Waals surface area contributed by atoms with Gasteiger partial charge in [0.25, 0.3) is 8.32 Å². The summed E-state index contributed by atoms with van der Waals surface area (Å²) in [5.41, 5.74) is 0.905. The molecule has 0 saturated carbocycles. The SMILES string of the molecule is CCOC(=O)C[C@@H]1[C@H](CO[Si](c2ccccc2)(c2ccccc2)C(C)(C)C)NC(=O)[C@H]1c1ccccc1. The summed E-state index contributed by atoms with van der Waals surface area (Å²) in [6.07, 6.45) is 0.154. The Morgan fingerprint density at radius 2 is 1.38 bits per heavy atom. The maximum atomic E-state index is 13.3. The van der Waals surface area contributed by atoms with Crippen molar-refractivity contribution in [2.24, 2.45) is 5.92 Å². The molecule has 1 aliphatic heterocycles. The molecule has 0 aromatic heterocycles. The number of hydrogen-bond acceptors (Lipinski definition) is 4. The summed E-state index contributed by atoms with van der Waals surface area (Å²) in [4.78, 5) is 25.9. The van der Waals surface area contributed by atoms with E-state index in [0.29, 0.717) is 13.2 Å². The second-order valence-electron chi connectivity index (χ2n) is 10.7. The van der Waals surface area contributed by atoms with Gasteiger partial charge in [-0.3, -0.25) is 9.59 Å². The fourth-order valence-electron chi connectivity index (χ4n) is 5.68. The smallest absolute Gasteiger partial charge is 0.306 e. The second-order valence-corrected chi connectivity index (χ2v) is 15.0. The molecule has 1 N–H and O–H groups in total. The molecule has 3 aromatic carbocycles. The van der Waals surface area contributed by atoms with Crippen LogP contribution >= 0.6 is 0 Å². The van der Waals surface area contributed by atoms with Gasteiger partial charge in [-0.1, -0.05) is 112 Å². The molecule has 37 heavy (non-hydrogen) atoms. The summed E-state index contributed by atoms with van der Waals surface area (Å²) < 4.78 is 12.4. The lowest BCUT2D eigenvalue weighted by Gasteiger charge is -2.43. The lowest BCUT2D eigenvalue weighted by atomic mass is 9.83. The van der Waals surface area contributed by atoms with Gasteiger partial charge < -0.3 is 14.5 Å². The Morgan fingerprint density at radius 1 is 0.865 bits per heavy atom. The molecule has 6 heteroatoms. The molecule has 0 bridgehead atoms. The van der Waals surface area contributed by atoms with Crippen LogP contribution in [0.3, 0.4) is 0 Å². The highest BCUT2D eigenvalue weighted by Gasteiger charge is 2.52. The largest absolute Gasteiger partial charge is 0.466 e. The van der Waals surface area contributed by atoms with E-state index in [-0.39, 0.29) is 35.3 Å². The van der Waals surface area contributed by atoms with Crippen LogP contribution in [0.1, 0.15) is 45.6 Å². The molecule has 0 radical (unpaired) electrons. The first-order valence-corrected chi connectivity index (χ1v) is 14.9. The Balaban J connectivity index is 1.72. The molecule has 194 valence electrons. The number of benzene rings is 3. The van der Waals surface area contributed by atoms with E-state index in [4.69, 9.17) is 9.16 Å². The summed E-state index contributed by atoms with van der Waals surface area (Å²) in [5.74, 6) is -1.07. The van der Waals surface area contributed by atoms with Crippen molar-refractivity contribution in [3.8, 4) is 0 Å². The van der Waals surface area contributed by atoms with Crippen LogP contribution in [0.5, 0.6) is 0 Å². The third kappa shape index (κ3) is 5.55. The van der Waals surface area contributed by atoms with Gasteiger partial charge in [-0.2, -0.15) is 0 Å². The Bertz CT molecular complexity index is 1140. The van der Waals surface area contributed by atoms with Gasteiger partial charge >= 0.3 is 5.97 Å². The molecule has 0 spiro atoms. The lowest BCUT2D eigenvalue weighted by Crippen LogP contribution is -2.67. The molecular weight excluding hydrogens is 478 g/mol. The minimum atomic E-state index is -2.79. The van der Waals surface area contributed by atoms with Crippen LogP contribution in [0.25, 0.3) is 0 Å². The van der Waals surface area contributed by atoms with Crippen molar-refractivity contribution in [3.05, 3.63) is 96.6 Å².